The van der Waals surface area contributed by atoms with Gasteiger partial charge in [0.25, 0.3) is 20.2 Å². The van der Waals surface area contributed by atoms with E-state index in [-0.39, 0.29) is 13.2 Å². The van der Waals surface area contributed by atoms with Crippen LogP contribution in [0.3, 0.4) is 0 Å². The summed E-state index contributed by atoms with van der Waals surface area (Å²) in [6, 6.07) is 13.1. The van der Waals surface area contributed by atoms with Crippen LogP contribution in [0, 0.1) is 0 Å². The Labute approximate surface area is 136 Å². The standard InChI is InChI=1S/C15H18O6S2/c1-22(16,17)20-10-13(11-21-23(2,18)19)15-9-5-7-12-6-3-4-8-14(12)15/h3-9,13H,10-11H2,1-2H3. The van der Waals surface area contributed by atoms with E-state index in [1.807, 2.05) is 42.5 Å². The van der Waals surface area contributed by atoms with Gasteiger partial charge in [-0.25, -0.2) is 0 Å². The fourth-order valence-corrected chi connectivity index (χ4v) is 3.07. The van der Waals surface area contributed by atoms with E-state index in [4.69, 9.17) is 8.37 Å². The topological polar surface area (TPSA) is 86.7 Å². The third-order valence-electron chi connectivity index (χ3n) is 3.23. The minimum Gasteiger partial charge on any atom is -0.270 e. The molecule has 8 heteroatoms. The predicted octanol–water partition coefficient (Wildman–Crippen LogP) is 1.88. The van der Waals surface area contributed by atoms with Gasteiger partial charge in [0.05, 0.1) is 25.7 Å². The summed E-state index contributed by atoms with van der Waals surface area (Å²) in [4.78, 5) is 0. The minimum absolute atomic E-state index is 0.192. The Hall–Kier alpha value is -1.48. The van der Waals surface area contributed by atoms with Crippen LogP contribution in [0.15, 0.2) is 42.5 Å². The van der Waals surface area contributed by atoms with Crippen LogP contribution >= 0.6 is 0 Å². The van der Waals surface area contributed by atoms with Gasteiger partial charge in [-0.3, -0.25) is 8.37 Å². The summed E-state index contributed by atoms with van der Waals surface area (Å²) >= 11 is 0. The molecule has 0 bridgehead atoms. The predicted molar refractivity (Wildman–Crippen MR) is 88.3 cm³/mol. The summed E-state index contributed by atoms with van der Waals surface area (Å²) in [5, 5.41) is 1.86. The fraction of sp³-hybridized carbons (Fsp3) is 0.333. The molecule has 0 fully saturated rings. The average molecular weight is 358 g/mol. The monoisotopic (exact) mass is 358 g/mol. The lowest BCUT2D eigenvalue weighted by atomic mass is 9.95. The van der Waals surface area contributed by atoms with Gasteiger partial charge in [-0.15, -0.1) is 0 Å². The molecule has 0 aliphatic rings. The third kappa shape index (κ3) is 5.58. The smallest absolute Gasteiger partial charge is 0.264 e. The summed E-state index contributed by atoms with van der Waals surface area (Å²) in [7, 11) is -7.28. The molecule has 0 aromatic heterocycles. The van der Waals surface area contributed by atoms with Crippen LogP contribution < -0.4 is 0 Å². The molecular weight excluding hydrogens is 340 g/mol. The Morgan fingerprint density at radius 2 is 1.35 bits per heavy atom. The van der Waals surface area contributed by atoms with Crippen LogP contribution in [0.2, 0.25) is 0 Å². The number of hydrogen-bond acceptors (Lipinski definition) is 6. The van der Waals surface area contributed by atoms with Crippen molar-refractivity contribution < 1.29 is 25.2 Å². The van der Waals surface area contributed by atoms with E-state index >= 15 is 0 Å². The number of rotatable bonds is 7. The zero-order chi connectivity index (χ0) is 17.1. The van der Waals surface area contributed by atoms with Crippen LogP contribution in [-0.2, 0) is 28.6 Å². The normalized spacial score (nSPS) is 12.8. The summed E-state index contributed by atoms with van der Waals surface area (Å²) in [5.74, 6) is -0.537. The second kappa shape index (κ2) is 6.96. The Morgan fingerprint density at radius 1 is 0.826 bits per heavy atom. The van der Waals surface area contributed by atoms with Crippen LogP contribution in [0.1, 0.15) is 11.5 Å². The lowest BCUT2D eigenvalue weighted by Gasteiger charge is -2.18. The molecule has 0 spiro atoms. The largest absolute Gasteiger partial charge is 0.270 e. The molecular formula is C15H18O6S2. The molecule has 0 heterocycles. The maximum Gasteiger partial charge on any atom is 0.264 e. The second-order valence-electron chi connectivity index (χ2n) is 5.24. The average Bonchev–Trinajstić information content (AvgIpc) is 2.45. The Morgan fingerprint density at radius 3 is 1.91 bits per heavy atom. The number of fused-ring (bicyclic) bond motifs is 1. The van der Waals surface area contributed by atoms with E-state index in [2.05, 4.69) is 0 Å². The van der Waals surface area contributed by atoms with Gasteiger partial charge in [0.15, 0.2) is 0 Å². The van der Waals surface area contributed by atoms with Crippen molar-refractivity contribution in [3.63, 3.8) is 0 Å². The fourth-order valence-electron chi connectivity index (χ4n) is 2.25. The van der Waals surface area contributed by atoms with Gasteiger partial charge in [0.2, 0.25) is 0 Å². The molecule has 0 saturated carbocycles. The highest BCUT2D eigenvalue weighted by Crippen LogP contribution is 2.27. The molecule has 23 heavy (non-hydrogen) atoms. The molecule has 0 saturated heterocycles. The first-order chi connectivity index (χ1) is 10.7. The van der Waals surface area contributed by atoms with E-state index < -0.39 is 26.2 Å². The zero-order valence-electron chi connectivity index (χ0n) is 12.8. The van der Waals surface area contributed by atoms with Crippen LogP contribution in [0.4, 0.5) is 0 Å². The number of benzene rings is 2. The molecule has 0 aliphatic carbocycles. The Kier molecular flexibility index (Phi) is 5.41. The minimum atomic E-state index is -3.64. The van der Waals surface area contributed by atoms with Gasteiger partial charge in [-0.1, -0.05) is 42.5 Å². The first-order valence-electron chi connectivity index (χ1n) is 6.82. The quantitative estimate of drug-likeness (QED) is 0.702. The summed E-state index contributed by atoms with van der Waals surface area (Å²) in [6.45, 7) is -0.384. The van der Waals surface area contributed by atoms with Crippen molar-refractivity contribution >= 4 is 31.0 Å². The van der Waals surface area contributed by atoms with Crippen molar-refractivity contribution in [1.29, 1.82) is 0 Å². The highest BCUT2D eigenvalue weighted by atomic mass is 32.2. The zero-order valence-corrected chi connectivity index (χ0v) is 14.4. The first-order valence-corrected chi connectivity index (χ1v) is 10.5. The molecule has 126 valence electrons. The van der Waals surface area contributed by atoms with Gasteiger partial charge in [0, 0.05) is 5.92 Å². The number of hydrogen-bond donors (Lipinski definition) is 0. The van der Waals surface area contributed by atoms with E-state index in [1.54, 1.807) is 0 Å². The maximum atomic E-state index is 11.3. The Balaban J connectivity index is 2.37. The first kappa shape index (κ1) is 17.9. The molecule has 6 nitrogen and oxygen atoms in total. The van der Waals surface area contributed by atoms with E-state index in [1.165, 1.54) is 0 Å². The van der Waals surface area contributed by atoms with Crippen LogP contribution in [-0.4, -0.2) is 42.6 Å². The molecule has 2 aromatic rings. The summed E-state index contributed by atoms with van der Waals surface area (Å²) < 4.78 is 54.7. The van der Waals surface area contributed by atoms with Crippen LogP contribution in [0.25, 0.3) is 10.8 Å². The molecule has 0 radical (unpaired) electrons. The van der Waals surface area contributed by atoms with E-state index in [9.17, 15) is 16.8 Å². The van der Waals surface area contributed by atoms with Crippen molar-refractivity contribution in [3.8, 4) is 0 Å². The van der Waals surface area contributed by atoms with Crippen molar-refractivity contribution in [2.24, 2.45) is 0 Å². The van der Waals surface area contributed by atoms with Gasteiger partial charge >= 0.3 is 0 Å². The third-order valence-corrected chi connectivity index (χ3v) is 4.36. The maximum absolute atomic E-state index is 11.3. The van der Waals surface area contributed by atoms with Crippen molar-refractivity contribution in [2.45, 2.75) is 5.92 Å². The van der Waals surface area contributed by atoms with Gasteiger partial charge < -0.3 is 0 Å². The van der Waals surface area contributed by atoms with Gasteiger partial charge in [-0.2, -0.15) is 16.8 Å². The summed E-state index contributed by atoms with van der Waals surface area (Å²) in [6.07, 6.45) is 1.90. The molecule has 0 aliphatic heterocycles. The highest BCUT2D eigenvalue weighted by Gasteiger charge is 2.19. The van der Waals surface area contributed by atoms with Crippen molar-refractivity contribution in [1.82, 2.24) is 0 Å². The lowest BCUT2D eigenvalue weighted by Crippen LogP contribution is -2.19. The molecule has 0 amide bonds. The van der Waals surface area contributed by atoms with Gasteiger partial charge in [-0.05, 0) is 16.3 Å². The van der Waals surface area contributed by atoms with Crippen molar-refractivity contribution in [3.05, 3.63) is 48.0 Å². The highest BCUT2D eigenvalue weighted by molar-refractivity contribution is 7.86. The molecule has 2 rings (SSSR count). The van der Waals surface area contributed by atoms with E-state index in [0.717, 1.165) is 28.8 Å². The van der Waals surface area contributed by atoms with Crippen molar-refractivity contribution in [2.75, 3.05) is 25.7 Å². The molecule has 0 unspecified atom stereocenters. The van der Waals surface area contributed by atoms with Crippen LogP contribution in [0.5, 0.6) is 0 Å². The molecule has 2 aromatic carbocycles. The Bertz CT molecular complexity index is 846. The van der Waals surface area contributed by atoms with Gasteiger partial charge in [0.1, 0.15) is 0 Å². The molecule has 0 N–H and O–H groups in total. The second-order valence-corrected chi connectivity index (χ2v) is 8.53. The van der Waals surface area contributed by atoms with E-state index in [0.29, 0.717) is 0 Å². The SMILES string of the molecule is CS(=O)(=O)OCC(COS(C)(=O)=O)c1cccc2ccccc12. The summed E-state index contributed by atoms with van der Waals surface area (Å²) in [5.41, 5.74) is 0.774. The molecule has 0 atom stereocenters. The lowest BCUT2D eigenvalue weighted by molar-refractivity contribution is 0.229.